The van der Waals surface area contributed by atoms with Crippen LogP contribution in [-0.4, -0.2) is 91.0 Å². The number of nitrogens with two attached hydrogens (primary N) is 6. The van der Waals surface area contributed by atoms with Gasteiger partial charge in [-0.25, -0.2) is 0 Å². The average molecular weight is 1130 g/mol. The van der Waals surface area contributed by atoms with Gasteiger partial charge in [-0.1, -0.05) is 32.1 Å². The minimum Gasteiger partial charge on any atom is -0.356 e. The van der Waals surface area contributed by atoms with Crippen molar-refractivity contribution >= 4 is 21.6 Å². The molecule has 0 aromatic carbocycles. The topological polar surface area (TPSA) is 455 Å². The Kier molecular flexibility index (Phi) is 78.4. The van der Waals surface area contributed by atoms with E-state index in [4.69, 9.17) is 95.7 Å². The predicted octanol–water partition coefficient (Wildman–Crippen LogP) is -0.468. The molecule has 2 saturated carbocycles. The monoisotopic (exact) mass is 1120 g/mol. The number of nitrogens with zero attached hydrogens (tertiary/aromatic N) is 4. The summed E-state index contributed by atoms with van der Waals surface area (Å²) in [6.45, 7) is 1.61. The van der Waals surface area contributed by atoms with Gasteiger partial charge in [-0.3, -0.25) is 8.42 Å². The maximum atomic E-state index is 9.56. The van der Waals surface area contributed by atoms with Crippen molar-refractivity contribution in [3.63, 3.8) is 0 Å². The number of unbranched alkanes of at least 4 members (excludes halogenated alkanes) is 2. The van der Waals surface area contributed by atoms with Crippen LogP contribution in [-0.2, 0) is 63.7 Å². The molecule has 0 bridgehead atoms. The molecule has 0 spiro atoms. The smallest absolute Gasteiger partial charge is 0.356 e. The molecule has 0 heterocycles. The first kappa shape index (κ1) is 69.1. The van der Waals surface area contributed by atoms with E-state index in [9.17, 15) is 8.42 Å². The van der Waals surface area contributed by atoms with Crippen molar-refractivity contribution in [1.82, 2.24) is 0 Å². The quantitative estimate of drug-likeness (QED) is 0.118. The van der Waals surface area contributed by atoms with Gasteiger partial charge in [-0.05, 0) is 51.6 Å². The molecule has 0 saturated heterocycles. The number of hydrogen-bond acceptors (Lipinski definition) is 20. The third-order valence-corrected chi connectivity index (χ3v) is 4.66. The van der Waals surface area contributed by atoms with Crippen LogP contribution in [0.1, 0.15) is 70.6 Å². The van der Waals surface area contributed by atoms with E-state index in [2.05, 4.69) is 0 Å². The van der Waals surface area contributed by atoms with Gasteiger partial charge >= 0.3 is 42.1 Å². The van der Waals surface area contributed by atoms with Gasteiger partial charge < -0.3 is 95.7 Å². The largest absolute Gasteiger partial charge is 2.00 e. The van der Waals surface area contributed by atoms with E-state index in [-0.39, 0.29) is 66.3 Å². The minimum atomic E-state index is -1.75. The second-order valence-electron chi connectivity index (χ2n) is 9.24. The average Bonchev–Trinajstić information content (AvgIpc) is 2.87. The van der Waals surface area contributed by atoms with Crippen LogP contribution < -0.4 is 34.4 Å². The first-order chi connectivity index (χ1) is 21.4. The first-order valence-corrected chi connectivity index (χ1v) is 17.5. The van der Waals surface area contributed by atoms with Crippen LogP contribution in [0, 0.1) is 61.3 Å². The van der Waals surface area contributed by atoms with E-state index in [1.54, 1.807) is 25.0 Å². The molecular formula is C21H54N10O14Pt2S2. The summed E-state index contributed by atoms with van der Waals surface area (Å²) in [6, 6.07) is 1.12. The molecule has 2 aliphatic carbocycles. The second kappa shape index (κ2) is 55.6. The summed E-state index contributed by atoms with van der Waals surface area (Å²) >= 11 is 0. The van der Waals surface area contributed by atoms with E-state index in [0.717, 1.165) is 51.6 Å². The van der Waals surface area contributed by atoms with Gasteiger partial charge in [0.25, 0.3) is 0 Å². The third-order valence-electron chi connectivity index (χ3n) is 4.66. The third kappa shape index (κ3) is 154. The molecule has 2 fully saturated rings. The summed E-state index contributed by atoms with van der Waals surface area (Å²) in [5.74, 6) is 0. The van der Waals surface area contributed by atoms with Gasteiger partial charge in [0.1, 0.15) is 0 Å². The Hall–Kier alpha value is -1.76. The van der Waals surface area contributed by atoms with Crippen LogP contribution in [0.4, 0.5) is 0 Å². The van der Waals surface area contributed by atoms with Crippen molar-refractivity contribution in [1.29, 1.82) is 0 Å². The van der Waals surface area contributed by atoms with Crippen LogP contribution in [0.15, 0.2) is 0 Å². The molecule has 0 aliphatic heterocycles. The van der Waals surface area contributed by atoms with Crippen molar-refractivity contribution in [2.75, 3.05) is 38.1 Å². The van der Waals surface area contributed by atoms with Gasteiger partial charge in [0.15, 0.2) is 0 Å². The summed E-state index contributed by atoms with van der Waals surface area (Å²) in [4.78, 5) is 33.0. The maximum absolute atomic E-state index is 9.56. The van der Waals surface area contributed by atoms with E-state index >= 15 is 0 Å². The zero-order valence-electron chi connectivity index (χ0n) is 27.9. The van der Waals surface area contributed by atoms with E-state index in [1.165, 1.54) is 32.1 Å². The van der Waals surface area contributed by atoms with Crippen molar-refractivity contribution in [3.8, 4) is 0 Å². The van der Waals surface area contributed by atoms with Gasteiger partial charge in [0.2, 0.25) is 0 Å². The second-order valence-corrected chi connectivity index (χ2v) is 12.2. The van der Waals surface area contributed by atoms with Gasteiger partial charge in [-0.2, -0.15) is 0 Å². The normalized spacial score (nSPS) is 17.7. The summed E-state index contributed by atoms with van der Waals surface area (Å²) in [6.07, 6.45) is 19.6. The molecule has 2 rings (SSSR count). The molecule has 0 unspecified atom stereocenters. The summed E-state index contributed by atoms with van der Waals surface area (Å²) < 4.78 is 19.1. The zero-order chi connectivity index (χ0) is 39.0. The van der Waals surface area contributed by atoms with Crippen LogP contribution >= 0.6 is 0 Å². The number of hydrogen-bond donors (Lipinski definition) is 6. The molecule has 49 heavy (non-hydrogen) atoms. The molecule has 0 aromatic rings. The van der Waals surface area contributed by atoms with Gasteiger partial charge in [0.05, 0.1) is 20.3 Å². The van der Waals surface area contributed by atoms with E-state index in [0.29, 0.717) is 0 Å². The molecule has 4 atom stereocenters. The molecule has 0 aromatic heterocycles. The van der Waals surface area contributed by atoms with Gasteiger partial charge in [-0.15, -0.1) is 0 Å². The fraction of sp³-hybridized carbons (Fsp3) is 1.00. The van der Waals surface area contributed by atoms with Crippen LogP contribution in [0.5, 0.6) is 0 Å². The van der Waals surface area contributed by atoms with Crippen molar-refractivity contribution < 1.29 is 70.9 Å². The Balaban J connectivity index is -0.0000000533. The summed E-state index contributed by atoms with van der Waals surface area (Å²) in [5.41, 5.74) is 33.1. The van der Waals surface area contributed by atoms with Crippen molar-refractivity contribution in [3.05, 3.63) is 61.3 Å². The minimum absolute atomic E-state index is 0. The first-order valence-electron chi connectivity index (χ1n) is 13.6. The summed E-state index contributed by atoms with van der Waals surface area (Å²) in [7, 11) is -1.22. The predicted molar refractivity (Wildman–Crippen MR) is 182 cm³/mol. The molecule has 0 radical (unpaired) electrons. The van der Waals surface area contributed by atoms with Gasteiger partial charge in [0, 0.05) is 70.8 Å². The van der Waals surface area contributed by atoms with Crippen molar-refractivity contribution in [2.45, 2.75) is 94.8 Å². The maximum Gasteiger partial charge on any atom is 2.00 e. The fourth-order valence-electron chi connectivity index (χ4n) is 2.84. The molecule has 24 nitrogen and oxygen atoms in total. The Labute approximate surface area is 319 Å². The SMILES string of the molecule is CS(C)=O.CS(C)=O.NCCCCCN.N[C@@H]1CCCC[C@H]1N.N[C@@H]1CCCC[C@H]1N.O=[N+]([O-])[O-].O=[N+]([O-])[O-].O=[N+]([O-])[O-].O=[N+]([O-])[O-].[Pt+2].[Pt+2]. The van der Waals surface area contributed by atoms with Crippen molar-refractivity contribution in [2.24, 2.45) is 34.4 Å². The van der Waals surface area contributed by atoms with Crippen LogP contribution in [0.2, 0.25) is 0 Å². The molecule has 0 amide bonds. The summed E-state index contributed by atoms with van der Waals surface area (Å²) in [5, 5.41) is 59.0. The molecule has 28 heteroatoms. The van der Waals surface area contributed by atoms with E-state index < -0.39 is 41.9 Å². The number of rotatable bonds is 4. The van der Waals surface area contributed by atoms with Crippen LogP contribution in [0.25, 0.3) is 0 Å². The Morgan fingerprint density at radius 2 is 0.592 bits per heavy atom. The Morgan fingerprint density at radius 3 is 0.673 bits per heavy atom. The zero-order valence-corrected chi connectivity index (χ0v) is 34.1. The Morgan fingerprint density at radius 1 is 0.469 bits per heavy atom. The standard InChI is InChI=1S/2C6H14N2.C5H14N2.2C2H6OS.4NO3.2Pt/c2*7-5-3-1-2-4-6(5)8;6-4-2-1-3-5-7;2*1-4(2)3;4*2-1(3)4;;/h2*5-6H,1-4,7-8H2;1-7H2;2*1-2H3;;;;;;/q;;;;;4*-1;2*+2/t2*5-,6-;;;;;;;;;/m11........./s1. The fourth-order valence-corrected chi connectivity index (χ4v) is 2.84. The molecule has 304 valence electrons. The Bertz CT molecular complexity index is 631. The molecule has 12 N–H and O–H groups in total. The van der Waals surface area contributed by atoms with E-state index in [1.807, 2.05) is 0 Å². The van der Waals surface area contributed by atoms with Crippen LogP contribution in [0.3, 0.4) is 0 Å². The molecular weight excluding hydrogens is 1070 g/mol. The molecule has 2 aliphatic rings.